The van der Waals surface area contributed by atoms with Crippen LogP contribution >= 0.6 is 12.4 Å². The Kier molecular flexibility index (Phi) is 9.78. The van der Waals surface area contributed by atoms with E-state index in [-0.39, 0.29) is 30.6 Å². The molecule has 0 aliphatic rings. The molecule has 2 rings (SSSR count). The highest BCUT2D eigenvalue weighted by molar-refractivity contribution is 6.04. The number of halogens is 1. The Morgan fingerprint density at radius 3 is 2.17 bits per heavy atom. The first kappa shape index (κ1) is 24.1. The van der Waals surface area contributed by atoms with Gasteiger partial charge in [0.05, 0.1) is 39.0 Å². The minimum absolute atomic E-state index is 0. The molecule has 2 aromatic carbocycles. The zero-order valence-electron chi connectivity index (χ0n) is 16.6. The van der Waals surface area contributed by atoms with E-state index < -0.39 is 0 Å². The predicted octanol–water partition coefficient (Wildman–Crippen LogP) is 2.00. The highest BCUT2D eigenvalue weighted by Gasteiger charge is 2.16. The summed E-state index contributed by atoms with van der Waals surface area (Å²) in [6.45, 7) is 0.688. The monoisotopic (exact) mass is 423 g/mol. The number of nitrogens with two attached hydrogens (primary N) is 1. The number of methoxy groups -OCH3 is 3. The van der Waals surface area contributed by atoms with Crippen molar-refractivity contribution < 1.29 is 23.8 Å². The van der Waals surface area contributed by atoms with Gasteiger partial charge in [-0.2, -0.15) is 0 Å². The lowest BCUT2D eigenvalue weighted by atomic mass is 10.1. The molecule has 0 fully saturated rings. The minimum atomic E-state index is -0.297. The minimum Gasteiger partial charge on any atom is -0.493 e. The standard InChI is InChI=1S/C20H25N3O5.ClH/c1-26-16-10-13(11-17(27-2)19(16)28-3)12-18(24)23-15-7-5-4-6-14(15)20(25)22-9-8-21;/h4-7,10-11H,8-9,12,21H2,1-3H3,(H,22,25)(H,23,24);1H. The van der Waals surface area contributed by atoms with Gasteiger partial charge in [0, 0.05) is 13.1 Å². The van der Waals surface area contributed by atoms with Crippen LogP contribution in [-0.2, 0) is 11.2 Å². The number of para-hydroxylation sites is 1. The zero-order chi connectivity index (χ0) is 20.5. The smallest absolute Gasteiger partial charge is 0.253 e. The molecule has 158 valence electrons. The summed E-state index contributed by atoms with van der Waals surface area (Å²) >= 11 is 0. The average Bonchev–Trinajstić information content (AvgIpc) is 2.71. The summed E-state index contributed by atoms with van der Waals surface area (Å²) in [5, 5.41) is 5.47. The quantitative estimate of drug-likeness (QED) is 0.568. The Bertz CT molecular complexity index is 820. The van der Waals surface area contributed by atoms with Crippen LogP contribution in [0, 0.1) is 0 Å². The molecule has 0 aromatic heterocycles. The first-order valence-corrected chi connectivity index (χ1v) is 8.70. The van der Waals surface area contributed by atoms with Crippen LogP contribution in [-0.4, -0.2) is 46.2 Å². The van der Waals surface area contributed by atoms with E-state index in [4.69, 9.17) is 19.9 Å². The lowest BCUT2D eigenvalue weighted by Gasteiger charge is -2.14. The van der Waals surface area contributed by atoms with E-state index in [1.807, 2.05) is 0 Å². The second-order valence-corrected chi connectivity index (χ2v) is 5.85. The normalized spacial score (nSPS) is 9.79. The highest BCUT2D eigenvalue weighted by atomic mass is 35.5. The van der Waals surface area contributed by atoms with Crippen molar-refractivity contribution in [1.82, 2.24) is 5.32 Å². The van der Waals surface area contributed by atoms with Crippen LogP contribution < -0.4 is 30.6 Å². The summed E-state index contributed by atoms with van der Waals surface area (Å²) in [6, 6.07) is 10.2. The van der Waals surface area contributed by atoms with Gasteiger partial charge < -0.3 is 30.6 Å². The predicted molar refractivity (Wildman–Crippen MR) is 114 cm³/mol. The molecule has 0 atom stereocenters. The molecule has 0 unspecified atom stereocenters. The molecule has 4 N–H and O–H groups in total. The summed E-state index contributed by atoms with van der Waals surface area (Å²) in [4.78, 5) is 24.8. The SMILES string of the molecule is COc1cc(CC(=O)Nc2ccccc2C(=O)NCCN)cc(OC)c1OC.Cl. The van der Waals surface area contributed by atoms with Crippen LogP contribution in [0.25, 0.3) is 0 Å². The van der Waals surface area contributed by atoms with E-state index in [9.17, 15) is 9.59 Å². The molecule has 0 aliphatic heterocycles. The topological polar surface area (TPSA) is 112 Å². The molecule has 0 saturated carbocycles. The zero-order valence-corrected chi connectivity index (χ0v) is 17.4. The van der Waals surface area contributed by atoms with Gasteiger partial charge in [-0.1, -0.05) is 12.1 Å². The maximum atomic E-state index is 12.5. The number of rotatable bonds is 9. The number of hydrogen-bond acceptors (Lipinski definition) is 6. The van der Waals surface area contributed by atoms with Gasteiger partial charge in [-0.05, 0) is 29.8 Å². The van der Waals surface area contributed by atoms with E-state index in [1.165, 1.54) is 21.3 Å². The maximum Gasteiger partial charge on any atom is 0.253 e. The van der Waals surface area contributed by atoms with E-state index in [2.05, 4.69) is 10.6 Å². The van der Waals surface area contributed by atoms with E-state index in [0.29, 0.717) is 47.2 Å². The summed E-state index contributed by atoms with van der Waals surface area (Å²) < 4.78 is 15.9. The number of benzene rings is 2. The first-order valence-electron chi connectivity index (χ1n) is 8.70. The number of anilines is 1. The van der Waals surface area contributed by atoms with Crippen LogP contribution in [0.15, 0.2) is 36.4 Å². The third-order valence-electron chi connectivity index (χ3n) is 3.96. The van der Waals surface area contributed by atoms with Gasteiger partial charge in [-0.15, -0.1) is 12.4 Å². The van der Waals surface area contributed by atoms with E-state index >= 15 is 0 Å². The van der Waals surface area contributed by atoms with Gasteiger partial charge in [0.15, 0.2) is 11.5 Å². The first-order chi connectivity index (χ1) is 13.5. The Labute approximate surface area is 176 Å². The average molecular weight is 424 g/mol. The van der Waals surface area contributed by atoms with E-state index in [0.717, 1.165) is 0 Å². The second-order valence-electron chi connectivity index (χ2n) is 5.85. The number of hydrogen-bond donors (Lipinski definition) is 3. The number of carbonyl (C=O) groups excluding carboxylic acids is 2. The summed E-state index contributed by atoms with van der Waals surface area (Å²) in [5.74, 6) is 0.802. The van der Waals surface area contributed by atoms with Crippen molar-refractivity contribution in [3.8, 4) is 17.2 Å². The third-order valence-corrected chi connectivity index (χ3v) is 3.96. The fourth-order valence-electron chi connectivity index (χ4n) is 2.69. The number of carbonyl (C=O) groups is 2. The van der Waals surface area contributed by atoms with Crippen LogP contribution in [0.4, 0.5) is 5.69 Å². The summed E-state index contributed by atoms with van der Waals surface area (Å²) in [7, 11) is 4.54. The molecule has 8 nitrogen and oxygen atoms in total. The Morgan fingerprint density at radius 1 is 1.00 bits per heavy atom. The second kappa shape index (κ2) is 11.8. The van der Waals surface area contributed by atoms with Crippen molar-refractivity contribution in [1.29, 1.82) is 0 Å². The molecule has 29 heavy (non-hydrogen) atoms. The van der Waals surface area contributed by atoms with Crippen molar-refractivity contribution in [2.45, 2.75) is 6.42 Å². The molecule has 2 amide bonds. The Balaban J connectivity index is 0.00000420. The Hall–Kier alpha value is -2.97. The molecule has 2 aromatic rings. The third kappa shape index (κ3) is 6.27. The van der Waals surface area contributed by atoms with Crippen molar-refractivity contribution in [2.75, 3.05) is 39.7 Å². The van der Waals surface area contributed by atoms with Crippen molar-refractivity contribution in [3.63, 3.8) is 0 Å². The van der Waals surface area contributed by atoms with Crippen LogP contribution in [0.1, 0.15) is 15.9 Å². The van der Waals surface area contributed by atoms with Gasteiger partial charge in [0.2, 0.25) is 11.7 Å². The van der Waals surface area contributed by atoms with Gasteiger partial charge in [0.1, 0.15) is 0 Å². The molecule has 0 spiro atoms. The van der Waals surface area contributed by atoms with Crippen molar-refractivity contribution in [3.05, 3.63) is 47.5 Å². The molecule has 0 aliphatic carbocycles. The lowest BCUT2D eigenvalue weighted by Crippen LogP contribution is -2.30. The maximum absolute atomic E-state index is 12.5. The molecular weight excluding hydrogens is 398 g/mol. The lowest BCUT2D eigenvalue weighted by molar-refractivity contribution is -0.115. The van der Waals surface area contributed by atoms with Gasteiger partial charge in [-0.3, -0.25) is 9.59 Å². The van der Waals surface area contributed by atoms with Crippen molar-refractivity contribution in [2.24, 2.45) is 5.73 Å². The molecule has 0 heterocycles. The number of nitrogens with one attached hydrogen (secondary N) is 2. The van der Waals surface area contributed by atoms with E-state index in [1.54, 1.807) is 36.4 Å². The van der Waals surface area contributed by atoms with Crippen LogP contribution in [0.3, 0.4) is 0 Å². The molecule has 0 radical (unpaired) electrons. The molecular formula is C20H26ClN3O5. The molecule has 0 saturated heterocycles. The highest BCUT2D eigenvalue weighted by Crippen LogP contribution is 2.38. The number of amides is 2. The van der Waals surface area contributed by atoms with Crippen molar-refractivity contribution >= 4 is 29.9 Å². The molecule has 0 bridgehead atoms. The number of ether oxygens (including phenoxy) is 3. The fourth-order valence-corrected chi connectivity index (χ4v) is 2.69. The fraction of sp³-hybridized carbons (Fsp3) is 0.300. The molecule has 9 heteroatoms. The summed E-state index contributed by atoms with van der Waals surface area (Å²) in [6.07, 6.45) is 0.0649. The van der Waals surface area contributed by atoms with Gasteiger partial charge in [-0.25, -0.2) is 0 Å². The largest absolute Gasteiger partial charge is 0.493 e. The van der Waals surface area contributed by atoms with Gasteiger partial charge >= 0.3 is 0 Å². The summed E-state index contributed by atoms with van der Waals surface area (Å²) in [5.41, 5.74) is 6.89. The van der Waals surface area contributed by atoms with Crippen LogP contribution in [0.2, 0.25) is 0 Å². The Morgan fingerprint density at radius 2 is 1.62 bits per heavy atom. The van der Waals surface area contributed by atoms with Crippen LogP contribution in [0.5, 0.6) is 17.2 Å². The van der Waals surface area contributed by atoms with Gasteiger partial charge in [0.25, 0.3) is 5.91 Å².